The van der Waals surface area contributed by atoms with Crippen molar-refractivity contribution in [1.29, 1.82) is 0 Å². The maximum atomic E-state index is 10.1. The highest BCUT2D eigenvalue weighted by Gasteiger charge is 2.10. The standard InChI is InChI=1S/C8H13NO3/c10-8(11)3-4-9-7-2-1-5-12-6-7/h3-4,7,9H,1-2,5-6H2,(H,10,11)/b4-3+. The maximum Gasteiger partial charge on any atom is 0.329 e. The van der Waals surface area contributed by atoms with E-state index in [1.54, 1.807) is 0 Å². The van der Waals surface area contributed by atoms with Crippen LogP contribution < -0.4 is 5.32 Å². The molecule has 0 radical (unpaired) electrons. The van der Waals surface area contributed by atoms with Crippen LogP contribution >= 0.6 is 0 Å². The molecule has 4 heteroatoms. The van der Waals surface area contributed by atoms with Gasteiger partial charge in [-0.2, -0.15) is 0 Å². The molecule has 0 spiro atoms. The lowest BCUT2D eigenvalue weighted by Gasteiger charge is -2.21. The molecule has 0 aromatic heterocycles. The fraction of sp³-hybridized carbons (Fsp3) is 0.625. The first-order valence-electron chi connectivity index (χ1n) is 4.02. The van der Waals surface area contributed by atoms with Gasteiger partial charge in [0.25, 0.3) is 0 Å². The molecule has 0 amide bonds. The van der Waals surface area contributed by atoms with Crippen LogP contribution in [-0.2, 0) is 9.53 Å². The summed E-state index contributed by atoms with van der Waals surface area (Å²) >= 11 is 0. The molecule has 1 atom stereocenters. The maximum absolute atomic E-state index is 10.1. The Hall–Kier alpha value is -1.03. The van der Waals surface area contributed by atoms with E-state index < -0.39 is 5.97 Å². The fourth-order valence-electron chi connectivity index (χ4n) is 1.13. The third kappa shape index (κ3) is 3.39. The number of carbonyl (C=O) groups is 1. The van der Waals surface area contributed by atoms with E-state index >= 15 is 0 Å². The monoisotopic (exact) mass is 171 g/mol. The molecule has 0 aliphatic carbocycles. The third-order valence-corrected chi connectivity index (χ3v) is 1.72. The van der Waals surface area contributed by atoms with E-state index in [1.165, 1.54) is 6.20 Å². The molecule has 2 N–H and O–H groups in total. The van der Waals surface area contributed by atoms with Gasteiger partial charge in [0.15, 0.2) is 0 Å². The summed E-state index contributed by atoms with van der Waals surface area (Å²) in [4.78, 5) is 10.1. The van der Waals surface area contributed by atoms with Crippen LogP contribution in [0.25, 0.3) is 0 Å². The molecule has 4 nitrogen and oxygen atoms in total. The molecule has 1 aliphatic heterocycles. The van der Waals surface area contributed by atoms with Gasteiger partial charge in [0.05, 0.1) is 6.61 Å². The van der Waals surface area contributed by atoms with E-state index in [1.807, 2.05) is 0 Å². The lowest BCUT2D eigenvalue weighted by molar-refractivity contribution is -0.131. The number of hydrogen-bond acceptors (Lipinski definition) is 3. The minimum Gasteiger partial charge on any atom is -0.478 e. The number of aliphatic carboxylic acids is 1. The summed E-state index contributed by atoms with van der Waals surface area (Å²) in [6.07, 6.45) is 4.64. The molecule has 68 valence electrons. The Morgan fingerprint density at radius 3 is 3.08 bits per heavy atom. The van der Waals surface area contributed by atoms with Gasteiger partial charge in [0.1, 0.15) is 0 Å². The summed E-state index contributed by atoms with van der Waals surface area (Å²) in [6.45, 7) is 1.49. The Morgan fingerprint density at radius 1 is 1.67 bits per heavy atom. The van der Waals surface area contributed by atoms with Crippen molar-refractivity contribution < 1.29 is 14.6 Å². The quantitative estimate of drug-likeness (QED) is 0.602. The van der Waals surface area contributed by atoms with Crippen LogP contribution in [0.3, 0.4) is 0 Å². The van der Waals surface area contributed by atoms with Gasteiger partial charge >= 0.3 is 5.97 Å². The Labute approximate surface area is 71.2 Å². The Morgan fingerprint density at radius 2 is 2.50 bits per heavy atom. The van der Waals surface area contributed by atoms with Crippen molar-refractivity contribution in [2.45, 2.75) is 18.9 Å². The summed E-state index contributed by atoms with van der Waals surface area (Å²) in [7, 11) is 0. The predicted octanol–water partition coefficient (Wildman–Crippen LogP) is 0.353. The Balaban J connectivity index is 2.17. The zero-order valence-electron chi connectivity index (χ0n) is 6.82. The summed E-state index contributed by atoms with van der Waals surface area (Å²) in [5.41, 5.74) is 0. The highest BCUT2D eigenvalue weighted by Crippen LogP contribution is 2.05. The first kappa shape index (κ1) is 9.06. The van der Waals surface area contributed by atoms with Crippen LogP contribution in [-0.4, -0.2) is 30.3 Å². The van der Waals surface area contributed by atoms with Crippen LogP contribution in [0.4, 0.5) is 0 Å². The van der Waals surface area contributed by atoms with E-state index in [4.69, 9.17) is 9.84 Å². The number of carboxylic acids is 1. The van der Waals surface area contributed by atoms with Crippen molar-refractivity contribution in [3.8, 4) is 0 Å². The zero-order chi connectivity index (χ0) is 8.81. The van der Waals surface area contributed by atoms with Crippen molar-refractivity contribution in [2.24, 2.45) is 0 Å². The SMILES string of the molecule is O=C(O)/C=C/NC1CCCOC1. The number of ether oxygens (including phenoxy) is 1. The van der Waals surface area contributed by atoms with E-state index in [0.717, 1.165) is 25.5 Å². The van der Waals surface area contributed by atoms with E-state index in [9.17, 15) is 4.79 Å². The first-order chi connectivity index (χ1) is 5.79. The Kier molecular flexibility index (Phi) is 3.60. The summed E-state index contributed by atoms with van der Waals surface area (Å²) < 4.78 is 5.20. The molecular weight excluding hydrogens is 158 g/mol. The second kappa shape index (κ2) is 4.77. The van der Waals surface area contributed by atoms with Gasteiger partial charge < -0.3 is 15.2 Å². The number of rotatable bonds is 3. The molecule has 12 heavy (non-hydrogen) atoms. The number of carboxylic acid groups (broad SMARTS) is 1. The van der Waals surface area contributed by atoms with Crippen LogP contribution in [0.1, 0.15) is 12.8 Å². The molecule has 0 bridgehead atoms. The van der Waals surface area contributed by atoms with Crippen molar-refractivity contribution in [3.63, 3.8) is 0 Å². The smallest absolute Gasteiger partial charge is 0.329 e. The molecule has 1 unspecified atom stereocenters. The largest absolute Gasteiger partial charge is 0.478 e. The van der Waals surface area contributed by atoms with E-state index in [0.29, 0.717) is 6.61 Å². The van der Waals surface area contributed by atoms with Gasteiger partial charge in [-0.1, -0.05) is 0 Å². The number of nitrogens with one attached hydrogen (secondary N) is 1. The summed E-state index contributed by atoms with van der Waals surface area (Å²) in [5.74, 6) is -0.931. The molecule has 1 rings (SSSR count). The van der Waals surface area contributed by atoms with Crippen LogP contribution in [0.5, 0.6) is 0 Å². The predicted molar refractivity (Wildman–Crippen MR) is 43.8 cm³/mol. The van der Waals surface area contributed by atoms with E-state index in [-0.39, 0.29) is 6.04 Å². The fourth-order valence-corrected chi connectivity index (χ4v) is 1.13. The van der Waals surface area contributed by atoms with Crippen LogP contribution in [0, 0.1) is 0 Å². The van der Waals surface area contributed by atoms with Gasteiger partial charge in [0.2, 0.25) is 0 Å². The first-order valence-corrected chi connectivity index (χ1v) is 4.02. The molecule has 0 aromatic rings. The topological polar surface area (TPSA) is 58.6 Å². The zero-order valence-corrected chi connectivity index (χ0v) is 6.82. The molecule has 1 heterocycles. The molecule has 1 fully saturated rings. The second-order valence-electron chi connectivity index (χ2n) is 2.75. The minimum absolute atomic E-state index is 0.273. The lowest BCUT2D eigenvalue weighted by Crippen LogP contribution is -2.33. The van der Waals surface area contributed by atoms with E-state index in [2.05, 4.69) is 5.32 Å². The van der Waals surface area contributed by atoms with Crippen molar-refractivity contribution in [1.82, 2.24) is 5.32 Å². The molecule has 1 aliphatic rings. The summed E-state index contributed by atoms with van der Waals surface area (Å²) in [5, 5.41) is 11.3. The van der Waals surface area contributed by atoms with Gasteiger partial charge in [-0.3, -0.25) is 0 Å². The third-order valence-electron chi connectivity index (χ3n) is 1.72. The molecule has 0 aromatic carbocycles. The highest BCUT2D eigenvalue weighted by atomic mass is 16.5. The average molecular weight is 171 g/mol. The van der Waals surface area contributed by atoms with Crippen molar-refractivity contribution in [2.75, 3.05) is 13.2 Å². The lowest BCUT2D eigenvalue weighted by atomic mass is 10.1. The number of hydrogen-bond donors (Lipinski definition) is 2. The molecular formula is C8H13NO3. The second-order valence-corrected chi connectivity index (χ2v) is 2.75. The molecule has 1 saturated heterocycles. The highest BCUT2D eigenvalue weighted by molar-refractivity contribution is 5.79. The average Bonchev–Trinajstić information content (AvgIpc) is 2.05. The normalized spacial score (nSPS) is 24.2. The van der Waals surface area contributed by atoms with Crippen LogP contribution in [0.2, 0.25) is 0 Å². The molecule has 0 saturated carbocycles. The van der Waals surface area contributed by atoms with Gasteiger partial charge in [-0.05, 0) is 12.8 Å². The van der Waals surface area contributed by atoms with Crippen molar-refractivity contribution >= 4 is 5.97 Å². The summed E-state index contributed by atoms with van der Waals surface area (Å²) in [6, 6.07) is 0.273. The minimum atomic E-state index is -0.931. The van der Waals surface area contributed by atoms with Gasteiger partial charge in [-0.25, -0.2) is 4.79 Å². The van der Waals surface area contributed by atoms with Gasteiger partial charge in [-0.15, -0.1) is 0 Å². The van der Waals surface area contributed by atoms with Gasteiger partial charge in [0, 0.05) is 24.9 Å². The Bertz CT molecular complexity index is 173. The van der Waals surface area contributed by atoms with Crippen molar-refractivity contribution in [3.05, 3.63) is 12.3 Å². The van der Waals surface area contributed by atoms with Crippen LogP contribution in [0.15, 0.2) is 12.3 Å².